The topological polar surface area (TPSA) is 54.4 Å². The summed E-state index contributed by atoms with van der Waals surface area (Å²) >= 11 is 14.0. The quantitative estimate of drug-likeness (QED) is 0.494. The molecule has 3 aliphatic rings. The highest BCUT2D eigenvalue weighted by molar-refractivity contribution is 8.16. The average Bonchev–Trinajstić information content (AvgIpc) is 3.40. The molecule has 1 amide bonds. The van der Waals surface area contributed by atoms with Crippen molar-refractivity contribution in [1.82, 2.24) is 4.90 Å². The number of amides is 1. The number of fused-ring (bicyclic) bond motifs is 2. The molecule has 0 aliphatic carbocycles. The molecule has 2 aromatic rings. The first-order chi connectivity index (χ1) is 15.6. The largest absolute Gasteiger partial charge is 0.494 e. The van der Waals surface area contributed by atoms with Crippen molar-refractivity contribution in [3.05, 3.63) is 57.4 Å². The fraction of sp³-hybridized carbons (Fsp3) is 0.304. The van der Waals surface area contributed by atoms with E-state index < -0.39 is 0 Å². The van der Waals surface area contributed by atoms with Crippen LogP contribution in [-0.2, 0) is 4.79 Å². The van der Waals surface area contributed by atoms with E-state index in [1.165, 1.54) is 0 Å². The molecule has 0 atom stereocenters. The second-order valence-corrected chi connectivity index (χ2v) is 9.29. The molecule has 3 aliphatic heterocycles. The zero-order valence-electron chi connectivity index (χ0n) is 17.2. The number of benzene rings is 2. The zero-order valence-corrected chi connectivity index (χ0v) is 19.6. The number of rotatable bonds is 7. The second kappa shape index (κ2) is 9.25. The Morgan fingerprint density at radius 2 is 1.97 bits per heavy atom. The molecule has 0 aromatic heterocycles. The summed E-state index contributed by atoms with van der Waals surface area (Å²) in [6.07, 6.45) is 1.60. The molecule has 0 fully saturated rings. The number of halogens is 2. The van der Waals surface area contributed by atoms with Crippen LogP contribution in [0.4, 0.5) is 5.69 Å². The third-order valence-corrected chi connectivity index (χ3v) is 6.84. The van der Waals surface area contributed by atoms with Gasteiger partial charge in [0, 0.05) is 34.1 Å². The summed E-state index contributed by atoms with van der Waals surface area (Å²) in [6.45, 7) is 2.78. The van der Waals surface area contributed by atoms with Gasteiger partial charge in [-0.15, -0.1) is 0 Å². The van der Waals surface area contributed by atoms with Crippen molar-refractivity contribution in [1.29, 1.82) is 0 Å². The molecule has 2 aromatic carbocycles. The lowest BCUT2D eigenvalue weighted by molar-refractivity contribution is -0.121. The second-order valence-electron chi connectivity index (χ2n) is 7.58. The highest BCUT2D eigenvalue weighted by Crippen LogP contribution is 2.45. The van der Waals surface area contributed by atoms with Gasteiger partial charge in [-0.3, -0.25) is 9.79 Å². The van der Waals surface area contributed by atoms with Crippen molar-refractivity contribution in [3.63, 3.8) is 0 Å². The van der Waals surface area contributed by atoms with Gasteiger partial charge in [-0.2, -0.15) is 0 Å². The lowest BCUT2D eigenvalue weighted by Crippen LogP contribution is -2.40. The summed E-state index contributed by atoms with van der Waals surface area (Å²) in [5.41, 5.74) is 2.64. The molecule has 0 N–H and O–H groups in total. The SMILES string of the molecule is O=C1COc2c(C3=CSC4=NCCN34)cc(Cl)cc2N1CCCCOc1ccc(Cl)cc1. The molecule has 6 nitrogen and oxygen atoms in total. The summed E-state index contributed by atoms with van der Waals surface area (Å²) in [5.74, 6) is 1.42. The predicted octanol–water partition coefficient (Wildman–Crippen LogP) is 5.29. The maximum absolute atomic E-state index is 12.7. The molecule has 166 valence electrons. The predicted molar refractivity (Wildman–Crippen MR) is 130 cm³/mol. The minimum absolute atomic E-state index is 0.0181. The number of hydrogen-bond acceptors (Lipinski definition) is 6. The standard InChI is InChI=1S/C23H21Cl2N3O3S/c24-15-3-5-17(6-4-15)30-10-2-1-8-27-19-12-16(25)11-18(22(19)31-13-21(27)29)20-14-32-23-26-7-9-28(20)23/h3-6,11-12,14H,1-2,7-10,13H2. The van der Waals surface area contributed by atoms with Crippen LogP contribution < -0.4 is 14.4 Å². The molecule has 0 radical (unpaired) electrons. The van der Waals surface area contributed by atoms with E-state index in [4.69, 9.17) is 32.7 Å². The number of thioether (sulfide) groups is 1. The monoisotopic (exact) mass is 489 g/mol. The highest BCUT2D eigenvalue weighted by atomic mass is 35.5. The molecule has 9 heteroatoms. The lowest BCUT2D eigenvalue weighted by Gasteiger charge is -2.32. The van der Waals surface area contributed by atoms with Gasteiger partial charge < -0.3 is 19.3 Å². The Hall–Kier alpha value is -2.35. The minimum Gasteiger partial charge on any atom is -0.494 e. The normalized spacial score (nSPS) is 17.0. The number of aliphatic imine (C=N–C) groups is 1. The number of hydrogen-bond donors (Lipinski definition) is 0. The van der Waals surface area contributed by atoms with Crippen LogP contribution in [0.1, 0.15) is 18.4 Å². The maximum atomic E-state index is 12.7. The lowest BCUT2D eigenvalue weighted by atomic mass is 10.1. The number of amidine groups is 1. The molecule has 0 saturated heterocycles. The number of anilines is 1. The summed E-state index contributed by atoms with van der Waals surface area (Å²) < 4.78 is 11.7. The molecule has 0 spiro atoms. The Kier molecular flexibility index (Phi) is 6.22. The van der Waals surface area contributed by atoms with Gasteiger partial charge in [-0.1, -0.05) is 35.0 Å². The minimum atomic E-state index is -0.0671. The summed E-state index contributed by atoms with van der Waals surface area (Å²) in [6, 6.07) is 11.0. The van der Waals surface area contributed by atoms with Crippen LogP contribution in [0, 0.1) is 0 Å². The third-order valence-electron chi connectivity index (χ3n) is 5.47. The van der Waals surface area contributed by atoms with Crippen LogP contribution in [0.25, 0.3) is 5.70 Å². The Morgan fingerprint density at radius 3 is 2.81 bits per heavy atom. The van der Waals surface area contributed by atoms with Gasteiger partial charge in [0.25, 0.3) is 5.91 Å². The van der Waals surface area contributed by atoms with Gasteiger partial charge in [-0.25, -0.2) is 0 Å². The number of carbonyl (C=O) groups excluding carboxylic acids is 1. The van der Waals surface area contributed by atoms with Gasteiger partial charge in [0.05, 0.1) is 24.5 Å². The highest BCUT2D eigenvalue weighted by Gasteiger charge is 2.33. The van der Waals surface area contributed by atoms with Gasteiger partial charge in [0.2, 0.25) is 0 Å². The van der Waals surface area contributed by atoms with Crippen molar-refractivity contribution in [2.45, 2.75) is 12.8 Å². The zero-order chi connectivity index (χ0) is 22.1. The van der Waals surface area contributed by atoms with Crippen LogP contribution in [0.2, 0.25) is 10.0 Å². The average molecular weight is 490 g/mol. The number of ether oxygens (including phenoxy) is 2. The number of carbonyl (C=O) groups is 1. The fourth-order valence-corrected chi connectivity index (χ4v) is 5.23. The van der Waals surface area contributed by atoms with E-state index in [9.17, 15) is 4.79 Å². The van der Waals surface area contributed by atoms with E-state index in [2.05, 4.69) is 15.3 Å². The Morgan fingerprint density at radius 1 is 1.12 bits per heavy atom. The van der Waals surface area contributed by atoms with E-state index in [0.717, 1.165) is 53.8 Å². The van der Waals surface area contributed by atoms with E-state index in [1.54, 1.807) is 28.8 Å². The van der Waals surface area contributed by atoms with E-state index in [0.29, 0.717) is 28.9 Å². The van der Waals surface area contributed by atoms with E-state index >= 15 is 0 Å². The molecular weight excluding hydrogens is 469 g/mol. The van der Waals surface area contributed by atoms with E-state index in [-0.39, 0.29) is 12.5 Å². The first-order valence-electron chi connectivity index (χ1n) is 10.4. The van der Waals surface area contributed by atoms with Crippen molar-refractivity contribution in [2.75, 3.05) is 37.7 Å². The van der Waals surface area contributed by atoms with Gasteiger partial charge in [-0.05, 0) is 49.2 Å². The van der Waals surface area contributed by atoms with E-state index in [1.807, 2.05) is 24.3 Å². The van der Waals surface area contributed by atoms with Crippen LogP contribution in [-0.4, -0.2) is 48.8 Å². The molecule has 0 unspecified atom stereocenters. The molecule has 3 heterocycles. The third kappa shape index (κ3) is 4.29. The summed E-state index contributed by atoms with van der Waals surface area (Å²) in [4.78, 5) is 21.1. The summed E-state index contributed by atoms with van der Waals surface area (Å²) in [5, 5.41) is 4.32. The number of nitrogens with zero attached hydrogens (tertiary/aromatic N) is 3. The smallest absolute Gasteiger partial charge is 0.265 e. The Balaban J connectivity index is 1.28. The Bertz CT molecular complexity index is 1100. The fourth-order valence-electron chi connectivity index (χ4n) is 3.94. The molecule has 0 saturated carbocycles. The van der Waals surface area contributed by atoms with Crippen LogP contribution in [0.3, 0.4) is 0 Å². The first kappa shape index (κ1) is 21.5. The number of unbranched alkanes of at least 4 members (excludes halogenated alkanes) is 1. The molecule has 0 bridgehead atoms. The molecular formula is C23H21Cl2N3O3S. The first-order valence-corrected chi connectivity index (χ1v) is 12.1. The van der Waals surface area contributed by atoms with Crippen molar-refractivity contribution in [3.8, 4) is 11.5 Å². The summed E-state index contributed by atoms with van der Waals surface area (Å²) in [7, 11) is 0. The van der Waals surface area contributed by atoms with Gasteiger partial charge in [0.15, 0.2) is 17.5 Å². The van der Waals surface area contributed by atoms with Crippen LogP contribution in [0.5, 0.6) is 11.5 Å². The Labute approximate surface area is 200 Å². The molecule has 32 heavy (non-hydrogen) atoms. The van der Waals surface area contributed by atoms with Crippen molar-refractivity contribution >= 4 is 57.4 Å². The van der Waals surface area contributed by atoms with Crippen LogP contribution in [0.15, 0.2) is 46.8 Å². The van der Waals surface area contributed by atoms with Gasteiger partial charge >= 0.3 is 0 Å². The van der Waals surface area contributed by atoms with Crippen molar-refractivity contribution in [2.24, 2.45) is 4.99 Å². The van der Waals surface area contributed by atoms with Crippen molar-refractivity contribution < 1.29 is 14.3 Å². The van der Waals surface area contributed by atoms with Gasteiger partial charge in [0.1, 0.15) is 5.75 Å². The molecule has 5 rings (SSSR count). The van der Waals surface area contributed by atoms with Crippen LogP contribution >= 0.6 is 35.0 Å². The maximum Gasteiger partial charge on any atom is 0.265 e.